The molecule has 1 heterocycles. The summed E-state index contributed by atoms with van der Waals surface area (Å²) >= 11 is 5.78. The molecule has 2 aromatic rings. The van der Waals surface area contributed by atoms with Gasteiger partial charge in [0.1, 0.15) is 5.02 Å². The van der Waals surface area contributed by atoms with E-state index in [4.69, 9.17) is 11.6 Å². The molecule has 26 heavy (non-hydrogen) atoms. The SMILES string of the molecule is O=[N+]([O-])c1cc(C=Nc2ccc(S(=O)(=O)N3CCCC3)cc2)ccc1Cl. The zero-order valence-electron chi connectivity index (χ0n) is 13.7. The molecule has 0 amide bonds. The molecule has 9 heteroatoms. The highest BCUT2D eigenvalue weighted by atomic mass is 35.5. The Kier molecular flexibility index (Phi) is 5.36. The van der Waals surface area contributed by atoms with Crippen LogP contribution in [0.25, 0.3) is 0 Å². The van der Waals surface area contributed by atoms with Crippen molar-refractivity contribution < 1.29 is 13.3 Å². The van der Waals surface area contributed by atoms with E-state index in [-0.39, 0.29) is 15.6 Å². The summed E-state index contributed by atoms with van der Waals surface area (Å²) in [5.74, 6) is 0. The molecule has 7 nitrogen and oxygen atoms in total. The zero-order chi connectivity index (χ0) is 18.7. The molecule has 0 aliphatic carbocycles. The van der Waals surface area contributed by atoms with Crippen LogP contribution in [-0.2, 0) is 10.0 Å². The molecule has 3 rings (SSSR count). The highest BCUT2D eigenvalue weighted by Crippen LogP contribution is 2.25. The van der Waals surface area contributed by atoms with E-state index in [2.05, 4.69) is 4.99 Å². The molecule has 136 valence electrons. The van der Waals surface area contributed by atoms with E-state index in [0.29, 0.717) is 24.3 Å². The Labute approximate surface area is 156 Å². The van der Waals surface area contributed by atoms with Crippen molar-refractivity contribution in [2.75, 3.05) is 13.1 Å². The summed E-state index contributed by atoms with van der Waals surface area (Å²) in [6.07, 6.45) is 3.23. The summed E-state index contributed by atoms with van der Waals surface area (Å²) in [5.41, 5.74) is 0.875. The first-order valence-electron chi connectivity index (χ1n) is 7.96. The van der Waals surface area contributed by atoms with E-state index in [1.54, 1.807) is 18.2 Å². The van der Waals surface area contributed by atoms with Gasteiger partial charge in [-0.3, -0.25) is 15.1 Å². The fourth-order valence-corrected chi connectivity index (χ4v) is 4.38. The molecule has 0 spiro atoms. The number of hydrogen-bond acceptors (Lipinski definition) is 5. The minimum absolute atomic E-state index is 0.0589. The van der Waals surface area contributed by atoms with Gasteiger partial charge in [-0.25, -0.2) is 8.42 Å². The highest BCUT2D eigenvalue weighted by molar-refractivity contribution is 7.89. The number of sulfonamides is 1. The molecular formula is C17H16ClN3O4S. The van der Waals surface area contributed by atoms with Gasteiger partial charge in [0.05, 0.1) is 15.5 Å². The Balaban J connectivity index is 1.78. The normalized spacial score (nSPS) is 15.6. The van der Waals surface area contributed by atoms with Gasteiger partial charge in [-0.1, -0.05) is 17.7 Å². The maximum atomic E-state index is 12.5. The number of aliphatic imine (C=N–C) groups is 1. The summed E-state index contributed by atoms with van der Waals surface area (Å²) < 4.78 is 26.4. The summed E-state index contributed by atoms with van der Waals surface area (Å²) in [4.78, 5) is 14.8. The van der Waals surface area contributed by atoms with Crippen molar-refractivity contribution in [3.05, 3.63) is 63.2 Å². The molecular weight excluding hydrogens is 378 g/mol. The van der Waals surface area contributed by atoms with Gasteiger partial charge < -0.3 is 0 Å². The number of benzene rings is 2. The van der Waals surface area contributed by atoms with Crippen LogP contribution < -0.4 is 0 Å². The van der Waals surface area contributed by atoms with Gasteiger partial charge in [-0.15, -0.1) is 0 Å². The van der Waals surface area contributed by atoms with Crippen LogP contribution in [0.2, 0.25) is 5.02 Å². The fourth-order valence-electron chi connectivity index (χ4n) is 2.68. The molecule has 1 aliphatic heterocycles. The van der Waals surface area contributed by atoms with Crippen LogP contribution in [0, 0.1) is 10.1 Å². The number of nitro groups is 1. The van der Waals surface area contributed by atoms with Gasteiger partial charge in [-0.05, 0) is 48.7 Å². The van der Waals surface area contributed by atoms with Crippen molar-refractivity contribution in [1.82, 2.24) is 4.31 Å². The smallest absolute Gasteiger partial charge is 0.258 e. The van der Waals surface area contributed by atoms with Crippen molar-refractivity contribution >= 4 is 39.2 Å². The summed E-state index contributed by atoms with van der Waals surface area (Å²) in [6, 6.07) is 10.6. The number of nitrogens with zero attached hydrogens (tertiary/aromatic N) is 3. The molecule has 0 aromatic heterocycles. The van der Waals surface area contributed by atoms with Crippen LogP contribution >= 0.6 is 11.6 Å². The second kappa shape index (κ2) is 7.53. The quantitative estimate of drug-likeness (QED) is 0.439. The molecule has 0 atom stereocenters. The first-order valence-corrected chi connectivity index (χ1v) is 9.78. The third-order valence-electron chi connectivity index (χ3n) is 4.07. The van der Waals surface area contributed by atoms with Crippen LogP contribution in [0.5, 0.6) is 0 Å². The van der Waals surface area contributed by atoms with E-state index in [1.165, 1.54) is 34.8 Å². The van der Waals surface area contributed by atoms with Crippen LogP contribution in [0.15, 0.2) is 52.4 Å². The van der Waals surface area contributed by atoms with Gasteiger partial charge in [0.2, 0.25) is 10.0 Å². The van der Waals surface area contributed by atoms with Gasteiger partial charge in [0.15, 0.2) is 0 Å². The average molecular weight is 394 g/mol. The van der Waals surface area contributed by atoms with Gasteiger partial charge >= 0.3 is 0 Å². The molecule has 0 saturated carbocycles. The van der Waals surface area contributed by atoms with Crippen molar-refractivity contribution in [3.63, 3.8) is 0 Å². The monoisotopic (exact) mass is 393 g/mol. The average Bonchev–Trinajstić information content (AvgIpc) is 3.16. The molecule has 0 radical (unpaired) electrons. The number of halogens is 1. The Bertz CT molecular complexity index is 952. The third-order valence-corrected chi connectivity index (χ3v) is 6.30. The lowest BCUT2D eigenvalue weighted by Gasteiger charge is -2.15. The Hall–Kier alpha value is -2.29. The lowest BCUT2D eigenvalue weighted by Crippen LogP contribution is -2.27. The van der Waals surface area contributed by atoms with Crippen LogP contribution in [0.1, 0.15) is 18.4 Å². The zero-order valence-corrected chi connectivity index (χ0v) is 15.3. The maximum absolute atomic E-state index is 12.5. The van der Waals surface area contributed by atoms with Crippen molar-refractivity contribution in [1.29, 1.82) is 0 Å². The first-order chi connectivity index (χ1) is 12.4. The highest BCUT2D eigenvalue weighted by Gasteiger charge is 2.26. The predicted octanol–water partition coefficient (Wildman–Crippen LogP) is 3.78. The molecule has 0 unspecified atom stereocenters. The second-order valence-corrected chi connectivity index (χ2v) is 8.18. The third kappa shape index (κ3) is 3.92. The van der Waals surface area contributed by atoms with E-state index in [1.807, 2.05) is 0 Å². The lowest BCUT2D eigenvalue weighted by atomic mass is 10.2. The molecule has 1 aliphatic rings. The van der Waals surface area contributed by atoms with Gasteiger partial charge in [0, 0.05) is 25.4 Å². The summed E-state index contributed by atoms with van der Waals surface area (Å²) in [5, 5.41) is 11.0. The fraction of sp³-hybridized carbons (Fsp3) is 0.235. The van der Waals surface area contributed by atoms with Crippen molar-refractivity contribution in [3.8, 4) is 0 Å². The van der Waals surface area contributed by atoms with E-state index >= 15 is 0 Å². The molecule has 1 saturated heterocycles. The molecule has 1 fully saturated rings. The van der Waals surface area contributed by atoms with Gasteiger partial charge in [0.25, 0.3) is 5.69 Å². The Morgan fingerprint density at radius 1 is 1.12 bits per heavy atom. The summed E-state index contributed by atoms with van der Waals surface area (Å²) in [7, 11) is -3.45. The van der Waals surface area contributed by atoms with Crippen molar-refractivity contribution in [2.45, 2.75) is 17.7 Å². The first kappa shape index (κ1) is 18.5. The minimum atomic E-state index is -3.45. The lowest BCUT2D eigenvalue weighted by molar-refractivity contribution is -0.384. The van der Waals surface area contributed by atoms with Crippen LogP contribution in [0.4, 0.5) is 11.4 Å². The molecule has 2 aromatic carbocycles. The van der Waals surface area contributed by atoms with Crippen LogP contribution in [0.3, 0.4) is 0 Å². The van der Waals surface area contributed by atoms with E-state index in [0.717, 1.165) is 12.8 Å². The summed E-state index contributed by atoms with van der Waals surface area (Å²) in [6.45, 7) is 1.11. The minimum Gasteiger partial charge on any atom is -0.258 e. The number of nitro benzene ring substituents is 1. The topological polar surface area (TPSA) is 92.9 Å². The predicted molar refractivity (Wildman–Crippen MR) is 99.8 cm³/mol. The molecule has 0 N–H and O–H groups in total. The maximum Gasteiger partial charge on any atom is 0.288 e. The van der Waals surface area contributed by atoms with Crippen LogP contribution in [-0.4, -0.2) is 37.0 Å². The Morgan fingerprint density at radius 2 is 1.77 bits per heavy atom. The Morgan fingerprint density at radius 3 is 2.38 bits per heavy atom. The second-order valence-electron chi connectivity index (χ2n) is 5.83. The number of hydrogen-bond donors (Lipinski definition) is 0. The largest absolute Gasteiger partial charge is 0.288 e. The number of rotatable bonds is 5. The standard InChI is InChI=1S/C17H16ClN3O4S/c18-16-8-3-13(11-17(16)21(22)23)12-19-14-4-6-15(7-5-14)26(24,25)20-9-1-2-10-20/h3-8,11-12H,1-2,9-10H2. The van der Waals surface area contributed by atoms with E-state index in [9.17, 15) is 18.5 Å². The van der Waals surface area contributed by atoms with Crippen molar-refractivity contribution in [2.24, 2.45) is 4.99 Å². The van der Waals surface area contributed by atoms with Gasteiger partial charge in [-0.2, -0.15) is 4.31 Å². The van der Waals surface area contributed by atoms with E-state index < -0.39 is 14.9 Å². The molecule has 0 bridgehead atoms.